The predicted octanol–water partition coefficient (Wildman–Crippen LogP) is -0.761. The topological polar surface area (TPSA) is 93.5 Å². The number of amides is 2. The van der Waals surface area contributed by atoms with Crippen LogP contribution in [0.2, 0.25) is 0 Å². The third-order valence-electron chi connectivity index (χ3n) is 2.27. The monoisotopic (exact) mass is 245 g/mol. The number of hydrogen-bond donors (Lipinski definition) is 3. The largest absolute Gasteiger partial charge is 0.383 e. The van der Waals surface area contributed by atoms with Crippen LogP contribution in [0.4, 0.5) is 0 Å². The SMILES string of the molecule is COCCNC(=O)CNC(=O)C(N)C(C)(C)C. The van der Waals surface area contributed by atoms with Gasteiger partial charge in [-0.1, -0.05) is 20.8 Å². The number of nitrogens with one attached hydrogen (secondary N) is 2. The molecule has 0 aromatic heterocycles. The van der Waals surface area contributed by atoms with E-state index in [9.17, 15) is 9.59 Å². The van der Waals surface area contributed by atoms with Crippen molar-refractivity contribution in [2.24, 2.45) is 11.1 Å². The molecule has 0 saturated carbocycles. The third-order valence-corrected chi connectivity index (χ3v) is 2.27. The Bertz CT molecular complexity index is 261. The maximum absolute atomic E-state index is 11.6. The molecule has 0 heterocycles. The van der Waals surface area contributed by atoms with E-state index in [-0.39, 0.29) is 23.8 Å². The Balaban J connectivity index is 3.88. The summed E-state index contributed by atoms with van der Waals surface area (Å²) in [6.45, 7) is 6.42. The van der Waals surface area contributed by atoms with Crippen LogP contribution >= 0.6 is 0 Å². The van der Waals surface area contributed by atoms with Gasteiger partial charge < -0.3 is 21.1 Å². The van der Waals surface area contributed by atoms with E-state index in [1.54, 1.807) is 7.11 Å². The first-order chi connectivity index (χ1) is 7.79. The molecule has 0 saturated heterocycles. The minimum Gasteiger partial charge on any atom is -0.383 e. The first kappa shape index (κ1) is 15.9. The molecule has 4 N–H and O–H groups in total. The number of rotatable bonds is 6. The van der Waals surface area contributed by atoms with Crippen molar-refractivity contribution in [1.29, 1.82) is 0 Å². The molecule has 0 aliphatic heterocycles. The predicted molar refractivity (Wildman–Crippen MR) is 65.3 cm³/mol. The van der Waals surface area contributed by atoms with E-state index < -0.39 is 6.04 Å². The Kier molecular flexibility index (Phi) is 6.75. The molecule has 0 aliphatic rings. The molecule has 2 amide bonds. The summed E-state index contributed by atoms with van der Waals surface area (Å²) in [7, 11) is 1.55. The Morgan fingerprint density at radius 3 is 2.35 bits per heavy atom. The van der Waals surface area contributed by atoms with Gasteiger partial charge in [-0.15, -0.1) is 0 Å². The van der Waals surface area contributed by atoms with Crippen LogP contribution in [0.5, 0.6) is 0 Å². The molecule has 0 spiro atoms. The quantitative estimate of drug-likeness (QED) is 0.536. The molecular formula is C11H23N3O3. The molecule has 0 aromatic carbocycles. The van der Waals surface area contributed by atoms with Crippen molar-refractivity contribution in [3.05, 3.63) is 0 Å². The summed E-state index contributed by atoms with van der Waals surface area (Å²) >= 11 is 0. The van der Waals surface area contributed by atoms with E-state index in [1.807, 2.05) is 20.8 Å². The third kappa shape index (κ3) is 6.91. The van der Waals surface area contributed by atoms with Gasteiger partial charge in [-0.05, 0) is 5.41 Å². The van der Waals surface area contributed by atoms with Crippen LogP contribution in [0.1, 0.15) is 20.8 Å². The van der Waals surface area contributed by atoms with Crippen molar-refractivity contribution in [3.63, 3.8) is 0 Å². The fourth-order valence-electron chi connectivity index (χ4n) is 1.03. The van der Waals surface area contributed by atoms with E-state index in [4.69, 9.17) is 10.5 Å². The van der Waals surface area contributed by atoms with Crippen molar-refractivity contribution >= 4 is 11.8 Å². The summed E-state index contributed by atoms with van der Waals surface area (Å²) in [6, 6.07) is -0.630. The normalized spacial score (nSPS) is 13.0. The molecule has 0 aliphatic carbocycles. The van der Waals surface area contributed by atoms with Crippen LogP contribution in [-0.4, -0.2) is 44.7 Å². The first-order valence-electron chi connectivity index (χ1n) is 5.58. The minimum absolute atomic E-state index is 0.0632. The highest BCUT2D eigenvalue weighted by Crippen LogP contribution is 2.16. The van der Waals surface area contributed by atoms with Crippen molar-refractivity contribution in [1.82, 2.24) is 10.6 Å². The molecule has 1 atom stereocenters. The van der Waals surface area contributed by atoms with Gasteiger partial charge >= 0.3 is 0 Å². The molecule has 0 radical (unpaired) electrons. The van der Waals surface area contributed by atoms with Gasteiger partial charge in [0, 0.05) is 13.7 Å². The van der Waals surface area contributed by atoms with Crippen LogP contribution in [-0.2, 0) is 14.3 Å². The average Bonchev–Trinajstić information content (AvgIpc) is 2.24. The number of carbonyl (C=O) groups excluding carboxylic acids is 2. The van der Waals surface area contributed by atoms with Gasteiger partial charge in [-0.3, -0.25) is 9.59 Å². The smallest absolute Gasteiger partial charge is 0.239 e. The summed E-state index contributed by atoms with van der Waals surface area (Å²) < 4.78 is 4.78. The molecule has 17 heavy (non-hydrogen) atoms. The Morgan fingerprint density at radius 2 is 1.88 bits per heavy atom. The second-order valence-corrected chi connectivity index (χ2v) is 4.90. The zero-order chi connectivity index (χ0) is 13.5. The Hall–Kier alpha value is -1.14. The molecule has 0 fully saturated rings. The van der Waals surface area contributed by atoms with Gasteiger partial charge in [0.2, 0.25) is 11.8 Å². The summed E-state index contributed by atoms with van der Waals surface area (Å²) in [6.07, 6.45) is 0. The van der Waals surface area contributed by atoms with Crippen molar-refractivity contribution < 1.29 is 14.3 Å². The van der Waals surface area contributed by atoms with Crippen LogP contribution in [0.3, 0.4) is 0 Å². The van der Waals surface area contributed by atoms with E-state index >= 15 is 0 Å². The molecule has 1 unspecified atom stereocenters. The molecule has 6 heteroatoms. The van der Waals surface area contributed by atoms with E-state index in [0.717, 1.165) is 0 Å². The lowest BCUT2D eigenvalue weighted by atomic mass is 9.87. The van der Waals surface area contributed by atoms with E-state index in [0.29, 0.717) is 13.2 Å². The minimum atomic E-state index is -0.630. The Morgan fingerprint density at radius 1 is 1.29 bits per heavy atom. The lowest BCUT2D eigenvalue weighted by molar-refractivity contribution is -0.128. The van der Waals surface area contributed by atoms with Gasteiger partial charge in [0.05, 0.1) is 19.2 Å². The van der Waals surface area contributed by atoms with Gasteiger partial charge in [-0.25, -0.2) is 0 Å². The van der Waals surface area contributed by atoms with Crippen molar-refractivity contribution in [3.8, 4) is 0 Å². The standard InChI is InChI=1S/C11H23N3O3/c1-11(2,3)9(12)10(16)14-7-8(15)13-5-6-17-4/h9H,5-7,12H2,1-4H3,(H,13,15)(H,14,16). The second kappa shape index (κ2) is 7.24. The van der Waals surface area contributed by atoms with Crippen LogP contribution < -0.4 is 16.4 Å². The van der Waals surface area contributed by atoms with Crippen LogP contribution in [0.15, 0.2) is 0 Å². The summed E-state index contributed by atoms with van der Waals surface area (Å²) in [4.78, 5) is 22.9. The number of hydrogen-bond acceptors (Lipinski definition) is 4. The van der Waals surface area contributed by atoms with E-state index in [2.05, 4.69) is 10.6 Å². The highest BCUT2D eigenvalue weighted by Gasteiger charge is 2.27. The van der Waals surface area contributed by atoms with E-state index in [1.165, 1.54) is 0 Å². The highest BCUT2D eigenvalue weighted by atomic mass is 16.5. The van der Waals surface area contributed by atoms with Gasteiger partial charge in [-0.2, -0.15) is 0 Å². The molecular weight excluding hydrogens is 222 g/mol. The van der Waals surface area contributed by atoms with Gasteiger partial charge in [0.1, 0.15) is 0 Å². The summed E-state index contributed by atoms with van der Waals surface area (Å²) in [5.41, 5.74) is 5.42. The number of nitrogens with two attached hydrogens (primary N) is 1. The lowest BCUT2D eigenvalue weighted by Crippen LogP contribution is -2.50. The average molecular weight is 245 g/mol. The molecule has 6 nitrogen and oxygen atoms in total. The van der Waals surface area contributed by atoms with Crippen LogP contribution in [0, 0.1) is 5.41 Å². The lowest BCUT2D eigenvalue weighted by Gasteiger charge is -2.25. The molecule has 100 valence electrons. The highest BCUT2D eigenvalue weighted by molar-refractivity contribution is 5.87. The number of methoxy groups -OCH3 is 1. The maximum Gasteiger partial charge on any atom is 0.239 e. The fraction of sp³-hybridized carbons (Fsp3) is 0.818. The number of carbonyl (C=O) groups is 2. The van der Waals surface area contributed by atoms with Crippen LogP contribution in [0.25, 0.3) is 0 Å². The molecule has 0 bridgehead atoms. The summed E-state index contributed by atoms with van der Waals surface area (Å²) in [5, 5.41) is 5.10. The van der Waals surface area contributed by atoms with Crippen molar-refractivity contribution in [2.45, 2.75) is 26.8 Å². The molecule has 0 aromatic rings. The summed E-state index contributed by atoms with van der Waals surface area (Å²) in [5.74, 6) is -0.573. The zero-order valence-corrected chi connectivity index (χ0v) is 11.0. The Labute approximate surface area is 102 Å². The first-order valence-corrected chi connectivity index (χ1v) is 5.58. The van der Waals surface area contributed by atoms with Crippen molar-refractivity contribution in [2.75, 3.05) is 26.8 Å². The number of ether oxygens (including phenoxy) is 1. The fourth-order valence-corrected chi connectivity index (χ4v) is 1.03. The zero-order valence-electron chi connectivity index (χ0n) is 11.0. The van der Waals surface area contributed by atoms with Gasteiger partial charge in [0.25, 0.3) is 0 Å². The van der Waals surface area contributed by atoms with Gasteiger partial charge in [0.15, 0.2) is 0 Å². The maximum atomic E-state index is 11.6. The molecule has 0 rings (SSSR count). The second-order valence-electron chi connectivity index (χ2n) is 4.90.